The summed E-state index contributed by atoms with van der Waals surface area (Å²) < 4.78 is 0. The van der Waals surface area contributed by atoms with E-state index in [9.17, 15) is 0 Å². The van der Waals surface area contributed by atoms with Gasteiger partial charge in [0.15, 0.2) is 0 Å². The van der Waals surface area contributed by atoms with Crippen LogP contribution in [-0.4, -0.2) is 0 Å². The van der Waals surface area contributed by atoms with E-state index in [2.05, 4.69) is 86.9 Å². The maximum atomic E-state index is 3.85. The molecular formula is C18H23BrS. The van der Waals surface area contributed by atoms with Crippen LogP contribution in [0.3, 0.4) is 0 Å². The number of alkyl halides is 1. The summed E-state index contributed by atoms with van der Waals surface area (Å²) in [6.07, 6.45) is 0. The molecule has 1 atom stereocenters. The molecule has 0 amide bonds. The Morgan fingerprint density at radius 2 is 1.45 bits per heavy atom. The molecule has 0 spiro atoms. The molecule has 1 aromatic heterocycles. The van der Waals surface area contributed by atoms with Crippen LogP contribution in [0.15, 0.2) is 36.4 Å². The lowest BCUT2D eigenvalue weighted by atomic mass is 9.95. The van der Waals surface area contributed by atoms with Crippen molar-refractivity contribution in [3.05, 3.63) is 57.3 Å². The highest BCUT2D eigenvalue weighted by molar-refractivity contribution is 9.09. The molecule has 0 N–H and O–H groups in total. The zero-order valence-corrected chi connectivity index (χ0v) is 15.3. The number of thiophene rings is 1. The summed E-state index contributed by atoms with van der Waals surface area (Å²) in [5, 5.41) is 0. The van der Waals surface area contributed by atoms with Crippen molar-refractivity contribution in [1.82, 2.24) is 0 Å². The first-order valence-electron chi connectivity index (χ1n) is 7.13. The van der Waals surface area contributed by atoms with Crippen LogP contribution < -0.4 is 0 Å². The molecule has 2 heteroatoms. The zero-order chi connectivity index (χ0) is 14.9. The first-order valence-corrected chi connectivity index (χ1v) is 8.86. The average molecular weight is 351 g/mol. The van der Waals surface area contributed by atoms with Gasteiger partial charge in [0.25, 0.3) is 0 Å². The Balaban J connectivity index is 2.22. The molecule has 2 rings (SSSR count). The van der Waals surface area contributed by atoms with Gasteiger partial charge in [-0.2, -0.15) is 0 Å². The van der Waals surface area contributed by atoms with Crippen LogP contribution in [0.25, 0.3) is 0 Å². The van der Waals surface area contributed by atoms with Crippen molar-refractivity contribution in [1.29, 1.82) is 0 Å². The Morgan fingerprint density at radius 3 is 1.90 bits per heavy atom. The lowest BCUT2D eigenvalue weighted by molar-refractivity contribution is 0.604. The van der Waals surface area contributed by atoms with Gasteiger partial charge in [0.05, 0.1) is 4.83 Å². The van der Waals surface area contributed by atoms with E-state index in [0.717, 1.165) is 0 Å². The van der Waals surface area contributed by atoms with Crippen LogP contribution in [0.4, 0.5) is 0 Å². The Kier molecular flexibility index (Phi) is 4.76. The summed E-state index contributed by atoms with van der Waals surface area (Å²) in [5.41, 5.74) is 2.96. The van der Waals surface area contributed by atoms with Crippen molar-refractivity contribution in [3.8, 4) is 0 Å². The average Bonchev–Trinajstić information content (AvgIpc) is 2.87. The standard InChI is InChI=1S/C18H23BrS/c1-12(2)13-6-8-14(9-7-13)17(19)15-10-11-16(20-15)18(3,4)5/h6-12,17H,1-5H3. The molecule has 0 saturated carbocycles. The van der Waals surface area contributed by atoms with Crippen LogP contribution in [-0.2, 0) is 5.41 Å². The van der Waals surface area contributed by atoms with Crippen LogP contribution in [0, 0.1) is 0 Å². The molecule has 0 saturated heterocycles. The third-order valence-corrected chi connectivity index (χ3v) is 6.41. The molecule has 1 aromatic carbocycles. The third-order valence-electron chi connectivity index (χ3n) is 3.51. The second kappa shape index (κ2) is 6.03. The van der Waals surface area contributed by atoms with Gasteiger partial charge in [-0.05, 0) is 34.6 Å². The van der Waals surface area contributed by atoms with E-state index in [0.29, 0.717) is 10.7 Å². The zero-order valence-electron chi connectivity index (χ0n) is 12.9. The highest BCUT2D eigenvalue weighted by Gasteiger charge is 2.19. The fourth-order valence-corrected chi connectivity index (χ4v) is 3.92. The Labute approximate surface area is 135 Å². The minimum Gasteiger partial charge on any atom is -0.143 e. The normalized spacial score (nSPS) is 13.8. The molecule has 0 nitrogen and oxygen atoms in total. The lowest BCUT2D eigenvalue weighted by Gasteiger charge is -2.16. The molecule has 2 aromatic rings. The van der Waals surface area contributed by atoms with E-state index in [1.807, 2.05) is 11.3 Å². The fourth-order valence-electron chi connectivity index (χ4n) is 2.11. The van der Waals surface area contributed by atoms with Gasteiger partial charge in [0, 0.05) is 9.75 Å². The summed E-state index contributed by atoms with van der Waals surface area (Å²) in [4.78, 5) is 3.12. The molecule has 1 heterocycles. The van der Waals surface area contributed by atoms with Crippen molar-refractivity contribution in [2.45, 2.75) is 50.8 Å². The van der Waals surface area contributed by atoms with Crippen molar-refractivity contribution < 1.29 is 0 Å². The molecule has 0 aliphatic heterocycles. The number of benzene rings is 1. The van der Waals surface area contributed by atoms with Crippen LogP contribution in [0.1, 0.15) is 66.2 Å². The van der Waals surface area contributed by atoms with Gasteiger partial charge in [-0.15, -0.1) is 11.3 Å². The molecule has 0 aliphatic rings. The molecule has 20 heavy (non-hydrogen) atoms. The van der Waals surface area contributed by atoms with E-state index >= 15 is 0 Å². The van der Waals surface area contributed by atoms with Crippen LogP contribution in [0.2, 0.25) is 0 Å². The van der Waals surface area contributed by atoms with Crippen LogP contribution >= 0.6 is 27.3 Å². The minimum atomic E-state index is 0.233. The molecule has 108 valence electrons. The minimum absolute atomic E-state index is 0.233. The number of hydrogen-bond donors (Lipinski definition) is 0. The largest absolute Gasteiger partial charge is 0.143 e. The maximum absolute atomic E-state index is 3.85. The second-order valence-corrected chi connectivity index (χ2v) is 8.67. The summed E-state index contributed by atoms with van der Waals surface area (Å²) >= 11 is 5.75. The van der Waals surface area contributed by atoms with Crippen molar-refractivity contribution in [2.24, 2.45) is 0 Å². The topological polar surface area (TPSA) is 0 Å². The number of rotatable bonds is 3. The van der Waals surface area contributed by atoms with Crippen molar-refractivity contribution >= 4 is 27.3 Å². The van der Waals surface area contributed by atoms with E-state index in [1.54, 1.807) is 0 Å². The van der Waals surface area contributed by atoms with Gasteiger partial charge in [-0.1, -0.05) is 74.8 Å². The second-order valence-electron chi connectivity index (χ2n) is 6.64. The Morgan fingerprint density at radius 1 is 0.900 bits per heavy atom. The predicted octanol–water partition coefficient (Wildman–Crippen LogP) is 6.65. The Bertz CT molecular complexity index is 558. The summed E-state index contributed by atoms with van der Waals surface area (Å²) in [6.45, 7) is 11.3. The van der Waals surface area contributed by atoms with Crippen molar-refractivity contribution in [2.75, 3.05) is 0 Å². The van der Waals surface area contributed by atoms with Gasteiger partial charge < -0.3 is 0 Å². The Hall–Kier alpha value is -0.600. The van der Waals surface area contributed by atoms with Gasteiger partial charge in [-0.25, -0.2) is 0 Å². The highest BCUT2D eigenvalue weighted by atomic mass is 79.9. The summed E-state index contributed by atoms with van der Waals surface area (Å²) in [5.74, 6) is 0.590. The molecular weight excluding hydrogens is 328 g/mol. The smallest absolute Gasteiger partial charge is 0.0738 e. The van der Waals surface area contributed by atoms with Crippen LogP contribution in [0.5, 0.6) is 0 Å². The quantitative estimate of drug-likeness (QED) is 0.543. The molecule has 1 unspecified atom stereocenters. The molecule has 0 fully saturated rings. The number of halogens is 1. The van der Waals surface area contributed by atoms with Gasteiger partial charge in [0.2, 0.25) is 0 Å². The fraction of sp³-hybridized carbons (Fsp3) is 0.444. The van der Waals surface area contributed by atoms with Gasteiger partial charge in [0.1, 0.15) is 0 Å². The number of hydrogen-bond acceptors (Lipinski definition) is 1. The maximum Gasteiger partial charge on any atom is 0.0738 e. The monoisotopic (exact) mass is 350 g/mol. The summed E-state index contributed by atoms with van der Waals surface area (Å²) in [7, 11) is 0. The van der Waals surface area contributed by atoms with Crippen molar-refractivity contribution in [3.63, 3.8) is 0 Å². The van der Waals surface area contributed by atoms with E-state index in [-0.39, 0.29) is 5.41 Å². The highest BCUT2D eigenvalue weighted by Crippen LogP contribution is 2.39. The predicted molar refractivity (Wildman–Crippen MR) is 94.3 cm³/mol. The first-order chi connectivity index (χ1) is 9.29. The van der Waals surface area contributed by atoms with E-state index < -0.39 is 0 Å². The SMILES string of the molecule is CC(C)c1ccc(C(Br)c2ccc(C(C)(C)C)s2)cc1. The molecule has 0 aliphatic carbocycles. The van der Waals surface area contributed by atoms with Gasteiger partial charge >= 0.3 is 0 Å². The molecule has 0 bridgehead atoms. The third kappa shape index (κ3) is 3.53. The molecule has 0 radical (unpaired) electrons. The first kappa shape index (κ1) is 15.8. The van der Waals surface area contributed by atoms with E-state index in [1.165, 1.54) is 20.9 Å². The van der Waals surface area contributed by atoms with Gasteiger partial charge in [-0.3, -0.25) is 0 Å². The summed E-state index contributed by atoms with van der Waals surface area (Å²) in [6, 6.07) is 13.5. The van der Waals surface area contributed by atoms with E-state index in [4.69, 9.17) is 0 Å². The lowest BCUT2D eigenvalue weighted by Crippen LogP contribution is -2.07.